The number of benzene rings is 1. The molecule has 1 heterocycles. The molecule has 1 amide bonds. The number of thiocarbonyl (C=S) groups is 1. The lowest BCUT2D eigenvalue weighted by molar-refractivity contribution is -0.115. The van der Waals surface area contributed by atoms with Gasteiger partial charge in [0, 0.05) is 16.6 Å². The van der Waals surface area contributed by atoms with E-state index >= 15 is 0 Å². The fourth-order valence-electron chi connectivity index (χ4n) is 1.39. The van der Waals surface area contributed by atoms with Crippen molar-refractivity contribution in [2.45, 2.75) is 0 Å². The number of hydrogen-bond donors (Lipinski definition) is 2. The molecule has 2 aromatic rings. The molecule has 0 unspecified atom stereocenters. The first-order chi connectivity index (χ1) is 9.63. The van der Waals surface area contributed by atoms with E-state index in [0.29, 0.717) is 5.69 Å². The molecule has 0 saturated heterocycles. The average molecular weight is 306 g/mol. The summed E-state index contributed by atoms with van der Waals surface area (Å²) in [6.07, 6.45) is 3.12. The Hall–Kier alpha value is -2.05. The van der Waals surface area contributed by atoms with Crippen molar-refractivity contribution in [3.05, 3.63) is 58.5 Å². The Bertz CT molecular complexity index is 621. The van der Waals surface area contributed by atoms with Crippen LogP contribution in [0.3, 0.4) is 0 Å². The van der Waals surface area contributed by atoms with E-state index in [-0.39, 0.29) is 16.8 Å². The van der Waals surface area contributed by atoms with E-state index in [1.54, 1.807) is 6.08 Å². The normalized spacial score (nSPS) is 10.4. The molecule has 2 rings (SSSR count). The smallest absolute Gasteiger partial charge is 0.250 e. The number of rotatable bonds is 3. The van der Waals surface area contributed by atoms with Crippen molar-refractivity contribution in [2.24, 2.45) is 0 Å². The Kier molecular flexibility index (Phi) is 4.97. The first-order valence-corrected chi connectivity index (χ1v) is 7.01. The molecule has 20 heavy (non-hydrogen) atoms. The zero-order chi connectivity index (χ0) is 14.4. The minimum atomic E-state index is -0.329. The van der Waals surface area contributed by atoms with Crippen molar-refractivity contribution < 1.29 is 9.18 Å². The maximum atomic E-state index is 12.7. The lowest BCUT2D eigenvalue weighted by Gasteiger charge is -2.07. The van der Waals surface area contributed by atoms with Crippen LogP contribution in [0.2, 0.25) is 0 Å². The van der Waals surface area contributed by atoms with Crippen molar-refractivity contribution in [2.75, 3.05) is 5.32 Å². The summed E-state index contributed by atoms with van der Waals surface area (Å²) in [6.45, 7) is 0. The van der Waals surface area contributed by atoms with Crippen molar-refractivity contribution in [3.63, 3.8) is 0 Å². The number of carbonyl (C=O) groups excluding carboxylic acids is 1. The molecule has 0 aliphatic heterocycles. The second-order valence-electron chi connectivity index (χ2n) is 3.80. The lowest BCUT2D eigenvalue weighted by Crippen LogP contribution is -2.32. The Morgan fingerprint density at radius 2 is 2.00 bits per heavy atom. The molecule has 0 saturated carbocycles. The van der Waals surface area contributed by atoms with Crippen LogP contribution in [0.1, 0.15) is 4.88 Å². The summed E-state index contributed by atoms with van der Waals surface area (Å²) < 4.78 is 12.7. The van der Waals surface area contributed by atoms with Gasteiger partial charge in [-0.15, -0.1) is 11.3 Å². The van der Waals surface area contributed by atoms with E-state index in [1.807, 2.05) is 17.5 Å². The molecular formula is C14H11FN2OS2. The maximum absolute atomic E-state index is 12.7. The third-order valence-corrected chi connectivity index (χ3v) is 3.32. The average Bonchev–Trinajstić information content (AvgIpc) is 2.92. The highest BCUT2D eigenvalue weighted by atomic mass is 32.1. The van der Waals surface area contributed by atoms with Gasteiger partial charge in [0.25, 0.3) is 0 Å². The van der Waals surface area contributed by atoms with Gasteiger partial charge in [0.05, 0.1) is 0 Å². The Balaban J connectivity index is 1.85. The van der Waals surface area contributed by atoms with Gasteiger partial charge in [-0.25, -0.2) is 4.39 Å². The van der Waals surface area contributed by atoms with Crippen LogP contribution in [0, 0.1) is 5.82 Å². The summed E-state index contributed by atoms with van der Waals surface area (Å²) in [5.41, 5.74) is 0.610. The number of hydrogen-bond acceptors (Lipinski definition) is 3. The molecule has 0 bridgehead atoms. The van der Waals surface area contributed by atoms with Crippen molar-refractivity contribution in [3.8, 4) is 0 Å². The van der Waals surface area contributed by atoms with Gasteiger partial charge >= 0.3 is 0 Å². The quantitative estimate of drug-likeness (QED) is 0.674. The minimum Gasteiger partial charge on any atom is -0.332 e. The molecule has 3 nitrogen and oxygen atoms in total. The van der Waals surface area contributed by atoms with Gasteiger partial charge in [-0.3, -0.25) is 10.1 Å². The molecule has 1 aromatic heterocycles. The van der Waals surface area contributed by atoms with Gasteiger partial charge in [0.15, 0.2) is 5.11 Å². The molecule has 0 aliphatic rings. The van der Waals surface area contributed by atoms with Crippen LogP contribution in [0.25, 0.3) is 6.08 Å². The van der Waals surface area contributed by atoms with Gasteiger partial charge in [-0.2, -0.15) is 0 Å². The van der Waals surface area contributed by atoms with E-state index < -0.39 is 0 Å². The second kappa shape index (κ2) is 6.93. The third kappa shape index (κ3) is 4.56. The standard InChI is InChI=1S/C14H11FN2OS2/c15-10-3-5-11(6-4-10)16-14(19)17-13(18)8-7-12-2-1-9-20-12/h1-9H,(H2,16,17,18,19). The summed E-state index contributed by atoms with van der Waals surface area (Å²) in [4.78, 5) is 12.6. The fraction of sp³-hybridized carbons (Fsp3) is 0. The van der Waals surface area contributed by atoms with Crippen molar-refractivity contribution in [1.29, 1.82) is 0 Å². The molecule has 0 fully saturated rings. The molecule has 0 radical (unpaired) electrons. The summed E-state index contributed by atoms with van der Waals surface area (Å²) in [6, 6.07) is 9.50. The van der Waals surface area contributed by atoms with E-state index in [1.165, 1.54) is 41.7 Å². The summed E-state index contributed by atoms with van der Waals surface area (Å²) in [7, 11) is 0. The van der Waals surface area contributed by atoms with Gasteiger partial charge in [-0.1, -0.05) is 6.07 Å². The summed E-state index contributed by atoms with van der Waals surface area (Å²) >= 11 is 6.53. The Labute approximate surface area is 125 Å². The van der Waals surface area contributed by atoms with Gasteiger partial charge in [0.1, 0.15) is 5.82 Å². The van der Waals surface area contributed by atoms with Gasteiger partial charge in [-0.05, 0) is 54.0 Å². The molecule has 0 aliphatic carbocycles. The maximum Gasteiger partial charge on any atom is 0.250 e. The monoisotopic (exact) mass is 306 g/mol. The van der Waals surface area contributed by atoms with Crippen LogP contribution < -0.4 is 10.6 Å². The van der Waals surface area contributed by atoms with E-state index in [2.05, 4.69) is 10.6 Å². The van der Waals surface area contributed by atoms with Crippen LogP contribution in [0.4, 0.5) is 10.1 Å². The zero-order valence-electron chi connectivity index (χ0n) is 10.3. The second-order valence-corrected chi connectivity index (χ2v) is 5.19. The molecule has 0 atom stereocenters. The van der Waals surface area contributed by atoms with Crippen LogP contribution in [0.15, 0.2) is 47.9 Å². The third-order valence-electron chi connectivity index (χ3n) is 2.28. The first-order valence-electron chi connectivity index (χ1n) is 5.72. The number of halogens is 1. The minimum absolute atomic E-state index is 0.164. The fourth-order valence-corrected chi connectivity index (χ4v) is 2.23. The van der Waals surface area contributed by atoms with Crippen LogP contribution >= 0.6 is 23.6 Å². The topological polar surface area (TPSA) is 41.1 Å². The summed E-state index contributed by atoms with van der Waals surface area (Å²) in [5.74, 6) is -0.651. The van der Waals surface area contributed by atoms with Crippen molar-refractivity contribution >= 4 is 46.3 Å². The highest BCUT2D eigenvalue weighted by Gasteiger charge is 2.01. The number of nitrogens with one attached hydrogen (secondary N) is 2. The highest BCUT2D eigenvalue weighted by Crippen LogP contribution is 2.10. The van der Waals surface area contributed by atoms with Crippen LogP contribution in [0.5, 0.6) is 0 Å². The molecule has 102 valence electrons. The molecule has 0 spiro atoms. The molecule has 6 heteroatoms. The van der Waals surface area contributed by atoms with Gasteiger partial charge < -0.3 is 5.32 Å². The molecular weight excluding hydrogens is 295 g/mol. The van der Waals surface area contributed by atoms with E-state index in [4.69, 9.17) is 12.2 Å². The first kappa shape index (κ1) is 14.4. The van der Waals surface area contributed by atoms with Crippen LogP contribution in [-0.2, 0) is 4.79 Å². The number of carbonyl (C=O) groups is 1. The number of amides is 1. The molecule has 1 aromatic carbocycles. The largest absolute Gasteiger partial charge is 0.332 e. The summed E-state index contributed by atoms with van der Waals surface area (Å²) in [5, 5.41) is 7.40. The number of anilines is 1. The SMILES string of the molecule is O=C(C=Cc1cccs1)NC(=S)Nc1ccc(F)cc1. The highest BCUT2D eigenvalue weighted by molar-refractivity contribution is 7.80. The Morgan fingerprint density at radius 1 is 1.25 bits per heavy atom. The molecule has 2 N–H and O–H groups in total. The van der Waals surface area contributed by atoms with Crippen LogP contribution in [-0.4, -0.2) is 11.0 Å². The van der Waals surface area contributed by atoms with Gasteiger partial charge in [0.2, 0.25) is 5.91 Å². The predicted molar refractivity (Wildman–Crippen MR) is 84.1 cm³/mol. The Morgan fingerprint density at radius 3 is 2.65 bits per heavy atom. The predicted octanol–water partition coefficient (Wildman–Crippen LogP) is 3.41. The van der Waals surface area contributed by atoms with E-state index in [0.717, 1.165) is 4.88 Å². The van der Waals surface area contributed by atoms with Crippen molar-refractivity contribution in [1.82, 2.24) is 5.32 Å². The lowest BCUT2D eigenvalue weighted by atomic mass is 10.3. The zero-order valence-corrected chi connectivity index (χ0v) is 11.9. The van der Waals surface area contributed by atoms with E-state index in [9.17, 15) is 9.18 Å². The number of thiophene rings is 1.